The Morgan fingerprint density at radius 2 is 1.91 bits per heavy atom. The normalized spacial score (nSPS) is 25.2. The summed E-state index contributed by atoms with van der Waals surface area (Å²) in [5.41, 5.74) is 12.4. The first kappa shape index (κ1) is 23.0. The van der Waals surface area contributed by atoms with Crippen LogP contribution in [0.5, 0.6) is 0 Å². The lowest BCUT2D eigenvalue weighted by Gasteiger charge is -2.43. The maximum absolute atomic E-state index is 6.78. The van der Waals surface area contributed by atoms with Crippen molar-refractivity contribution in [2.45, 2.75) is 44.6 Å². The molecule has 1 aromatic heterocycles. The molecule has 2 N–H and O–H groups in total. The lowest BCUT2D eigenvalue weighted by molar-refractivity contribution is 0.127. The van der Waals surface area contributed by atoms with Crippen molar-refractivity contribution in [1.29, 1.82) is 0 Å². The van der Waals surface area contributed by atoms with E-state index in [0.29, 0.717) is 16.0 Å². The van der Waals surface area contributed by atoms with E-state index in [-0.39, 0.29) is 11.5 Å². The zero-order valence-corrected chi connectivity index (χ0v) is 21.1. The highest BCUT2D eigenvalue weighted by atomic mass is 35.5. The van der Waals surface area contributed by atoms with Crippen LogP contribution in [0.4, 0.5) is 0 Å². The maximum Gasteiger partial charge on any atom is 0.133 e. The van der Waals surface area contributed by atoms with Gasteiger partial charge >= 0.3 is 0 Å². The van der Waals surface area contributed by atoms with Gasteiger partial charge in [0.15, 0.2) is 0 Å². The van der Waals surface area contributed by atoms with E-state index in [9.17, 15) is 0 Å². The number of halogens is 2. The Bertz CT molecular complexity index is 1270. The van der Waals surface area contributed by atoms with Crippen molar-refractivity contribution in [2.75, 3.05) is 13.1 Å². The molecule has 1 aliphatic carbocycles. The molecule has 4 heterocycles. The number of hydrogen-bond donors (Lipinski definition) is 1. The third-order valence-electron chi connectivity index (χ3n) is 8.27. The van der Waals surface area contributed by atoms with Crippen LogP contribution in [-0.2, 0) is 6.42 Å². The quantitative estimate of drug-likeness (QED) is 0.506. The van der Waals surface area contributed by atoms with Crippen molar-refractivity contribution in [3.63, 3.8) is 0 Å². The second-order valence-electron chi connectivity index (χ2n) is 10.1. The molecule has 2 atom stereocenters. The summed E-state index contributed by atoms with van der Waals surface area (Å²) >= 11 is 12.8. The van der Waals surface area contributed by atoms with Gasteiger partial charge in [-0.25, -0.2) is 4.99 Å². The molecule has 35 heavy (non-hydrogen) atoms. The number of amidine groups is 1. The van der Waals surface area contributed by atoms with Crippen LogP contribution in [-0.4, -0.2) is 34.5 Å². The zero-order valence-electron chi connectivity index (χ0n) is 19.6. The average molecular weight is 506 g/mol. The number of aliphatic imine (C=N–C) groups is 2. The third kappa shape index (κ3) is 4.04. The minimum absolute atomic E-state index is 0.0590. The standard InChI is InChI=1S/C28H29Cl2N5/c29-22-7-1-5-19(25(22)30)23-9-8-18-4-2-13-33-27(21(18)17-34-23)35-14-10-28(11-15-35)16-24-20(26(28)31)6-3-12-32-24/h1-3,5-7,12-13,17-18,26H,4,8-11,14-16,31H2/t18?,26-/m0/s1. The SMILES string of the molecule is N[C@H]1c2cccnc2CC12CCN(C1=NC=CCC3CCC(c4cccc(Cl)c4Cl)=NC=C13)CC2. The van der Waals surface area contributed by atoms with Gasteiger partial charge in [0.25, 0.3) is 0 Å². The molecule has 2 aromatic rings. The number of nitrogens with two attached hydrogens (primary N) is 1. The van der Waals surface area contributed by atoms with Crippen molar-refractivity contribution in [1.82, 2.24) is 9.88 Å². The minimum atomic E-state index is 0.0590. The summed E-state index contributed by atoms with van der Waals surface area (Å²) in [5, 5.41) is 1.14. The summed E-state index contributed by atoms with van der Waals surface area (Å²) in [6.45, 7) is 1.88. The van der Waals surface area contributed by atoms with E-state index < -0.39 is 0 Å². The van der Waals surface area contributed by atoms with Crippen LogP contribution in [0.2, 0.25) is 10.0 Å². The van der Waals surface area contributed by atoms with Crippen LogP contribution in [0.3, 0.4) is 0 Å². The molecular formula is C28H29Cl2N5. The Kier molecular flexibility index (Phi) is 6.03. The molecule has 1 saturated heterocycles. The van der Waals surface area contributed by atoms with Gasteiger partial charge in [0.1, 0.15) is 5.84 Å². The first-order valence-corrected chi connectivity index (χ1v) is 13.2. The molecule has 0 radical (unpaired) electrons. The number of benzene rings is 1. The van der Waals surface area contributed by atoms with E-state index in [0.717, 1.165) is 68.7 Å². The number of hydrogen-bond acceptors (Lipinski definition) is 5. The summed E-state index contributed by atoms with van der Waals surface area (Å²) in [6, 6.07) is 9.97. The number of pyridine rings is 1. The van der Waals surface area contributed by atoms with Gasteiger partial charge in [-0.3, -0.25) is 9.98 Å². The number of piperidine rings is 1. The van der Waals surface area contributed by atoms with E-state index in [1.54, 1.807) is 0 Å². The molecule has 180 valence electrons. The highest BCUT2D eigenvalue weighted by molar-refractivity contribution is 6.44. The summed E-state index contributed by atoms with van der Waals surface area (Å²) in [5.74, 6) is 1.44. The van der Waals surface area contributed by atoms with Crippen LogP contribution in [0, 0.1) is 11.3 Å². The summed E-state index contributed by atoms with van der Waals surface area (Å²) in [6.07, 6.45) is 13.9. The first-order valence-electron chi connectivity index (χ1n) is 12.4. The summed E-state index contributed by atoms with van der Waals surface area (Å²) < 4.78 is 0. The van der Waals surface area contributed by atoms with Crippen LogP contribution in [0.25, 0.3) is 0 Å². The number of allylic oxidation sites excluding steroid dienone is 1. The molecule has 0 amide bonds. The fourth-order valence-corrected chi connectivity index (χ4v) is 6.60. The number of fused-ring (bicyclic) bond motifs is 2. The molecular weight excluding hydrogens is 477 g/mol. The van der Waals surface area contributed by atoms with Crippen molar-refractivity contribution in [2.24, 2.45) is 27.1 Å². The monoisotopic (exact) mass is 505 g/mol. The van der Waals surface area contributed by atoms with Gasteiger partial charge in [-0.15, -0.1) is 0 Å². The Morgan fingerprint density at radius 1 is 1.06 bits per heavy atom. The van der Waals surface area contributed by atoms with E-state index in [1.807, 2.05) is 42.9 Å². The molecule has 0 bridgehead atoms. The van der Waals surface area contributed by atoms with E-state index in [1.165, 1.54) is 16.8 Å². The fourth-order valence-electron chi connectivity index (χ4n) is 6.19. The Balaban J connectivity index is 1.25. The summed E-state index contributed by atoms with van der Waals surface area (Å²) in [4.78, 5) is 16.9. The Labute approximate surface area is 216 Å². The molecule has 6 rings (SSSR count). The highest BCUT2D eigenvalue weighted by Crippen LogP contribution is 2.50. The van der Waals surface area contributed by atoms with Gasteiger partial charge in [-0.1, -0.05) is 47.5 Å². The van der Waals surface area contributed by atoms with E-state index in [4.69, 9.17) is 38.9 Å². The number of rotatable bonds is 1. The van der Waals surface area contributed by atoms with Gasteiger partial charge in [-0.2, -0.15) is 0 Å². The van der Waals surface area contributed by atoms with Crippen LogP contribution < -0.4 is 5.73 Å². The molecule has 7 heteroatoms. The second-order valence-corrected chi connectivity index (χ2v) is 10.9. The van der Waals surface area contributed by atoms with Gasteiger partial charge in [-0.05, 0) is 67.6 Å². The van der Waals surface area contributed by atoms with Gasteiger partial charge in [0, 0.05) is 60.3 Å². The average Bonchev–Trinajstić information content (AvgIpc) is 3.04. The minimum Gasteiger partial charge on any atom is -0.356 e. The van der Waals surface area contributed by atoms with Crippen molar-refractivity contribution in [3.8, 4) is 0 Å². The van der Waals surface area contributed by atoms with Crippen molar-refractivity contribution >= 4 is 34.7 Å². The number of nitrogens with zero attached hydrogens (tertiary/aromatic N) is 4. The fraction of sp³-hybridized carbons (Fsp3) is 0.393. The van der Waals surface area contributed by atoms with Crippen LogP contribution >= 0.6 is 23.2 Å². The molecule has 5 nitrogen and oxygen atoms in total. The predicted molar refractivity (Wildman–Crippen MR) is 143 cm³/mol. The molecule has 1 spiro atoms. The number of aromatic nitrogens is 1. The van der Waals surface area contributed by atoms with Gasteiger partial charge < -0.3 is 10.6 Å². The molecule has 4 aliphatic rings. The third-order valence-corrected chi connectivity index (χ3v) is 9.09. The Morgan fingerprint density at radius 3 is 2.74 bits per heavy atom. The van der Waals surface area contributed by atoms with Crippen molar-refractivity contribution < 1.29 is 0 Å². The van der Waals surface area contributed by atoms with E-state index >= 15 is 0 Å². The first-order chi connectivity index (χ1) is 17.1. The molecule has 3 aliphatic heterocycles. The predicted octanol–water partition coefficient (Wildman–Crippen LogP) is 6.13. The topological polar surface area (TPSA) is 66.9 Å². The Hall–Kier alpha value is -2.47. The highest BCUT2D eigenvalue weighted by Gasteiger charge is 2.47. The molecule has 1 unspecified atom stereocenters. The van der Waals surface area contributed by atoms with Crippen molar-refractivity contribution in [3.05, 3.63) is 87.4 Å². The van der Waals surface area contributed by atoms with Gasteiger partial charge in [0.2, 0.25) is 0 Å². The smallest absolute Gasteiger partial charge is 0.133 e. The number of likely N-dealkylation sites (tertiary alicyclic amines) is 1. The van der Waals surface area contributed by atoms with Crippen LogP contribution in [0.1, 0.15) is 55.0 Å². The molecule has 1 aromatic carbocycles. The summed E-state index contributed by atoms with van der Waals surface area (Å²) in [7, 11) is 0. The zero-order chi connectivity index (χ0) is 24.0. The van der Waals surface area contributed by atoms with E-state index in [2.05, 4.69) is 22.0 Å². The molecule has 1 fully saturated rings. The molecule has 0 saturated carbocycles. The van der Waals surface area contributed by atoms with Gasteiger partial charge in [0.05, 0.1) is 10.0 Å². The van der Waals surface area contributed by atoms with Crippen LogP contribution in [0.15, 0.2) is 70.6 Å². The lowest BCUT2D eigenvalue weighted by atomic mass is 9.73. The lowest BCUT2D eigenvalue weighted by Crippen LogP contribution is -2.47. The largest absolute Gasteiger partial charge is 0.356 e. The second kappa shape index (κ2) is 9.20. The maximum atomic E-state index is 6.78.